The van der Waals surface area contributed by atoms with E-state index in [4.69, 9.17) is 5.41 Å². The molecule has 0 amide bonds. The highest BCUT2D eigenvalue weighted by atomic mass is 32.1. The fourth-order valence-electron chi connectivity index (χ4n) is 3.47. The van der Waals surface area contributed by atoms with Gasteiger partial charge < -0.3 is 14.2 Å². The zero-order chi connectivity index (χ0) is 20.4. The maximum atomic E-state index is 12.4. The van der Waals surface area contributed by atoms with Gasteiger partial charge in [0.25, 0.3) is 0 Å². The van der Waals surface area contributed by atoms with Crippen LogP contribution in [0.1, 0.15) is 0 Å². The molecule has 1 saturated heterocycles. The van der Waals surface area contributed by atoms with Gasteiger partial charge in [-0.05, 0) is 30.3 Å². The van der Waals surface area contributed by atoms with Gasteiger partial charge in [-0.15, -0.1) is 13.2 Å². The van der Waals surface area contributed by atoms with Crippen LogP contribution in [0.2, 0.25) is 0 Å². The average molecular weight is 423 g/mol. The van der Waals surface area contributed by atoms with Gasteiger partial charge in [-0.2, -0.15) is 0 Å². The molecule has 3 heterocycles. The molecule has 0 atom stereocenters. The molecular weight excluding hydrogens is 403 g/mol. The number of alkyl halides is 3. The van der Waals surface area contributed by atoms with Crippen molar-refractivity contribution in [2.45, 2.75) is 12.9 Å². The third-order valence-corrected chi connectivity index (χ3v) is 5.85. The number of hydrogen-bond donors (Lipinski definition) is 1. The van der Waals surface area contributed by atoms with Gasteiger partial charge in [-0.25, -0.2) is 4.98 Å². The smallest absolute Gasteiger partial charge is 0.406 e. The highest BCUT2D eigenvalue weighted by Gasteiger charge is 2.31. The summed E-state index contributed by atoms with van der Waals surface area (Å²) in [6.45, 7) is 4.96. The summed E-state index contributed by atoms with van der Waals surface area (Å²) in [5.41, 5.74) is 0.752. The first-order chi connectivity index (χ1) is 13.9. The van der Waals surface area contributed by atoms with Crippen molar-refractivity contribution < 1.29 is 17.9 Å². The molecule has 29 heavy (non-hydrogen) atoms. The van der Waals surface area contributed by atoms with Crippen LogP contribution in [0.4, 0.5) is 19.0 Å². The van der Waals surface area contributed by atoms with Crippen molar-refractivity contribution >= 4 is 27.4 Å². The van der Waals surface area contributed by atoms with Gasteiger partial charge >= 0.3 is 6.36 Å². The van der Waals surface area contributed by atoms with E-state index in [0.29, 0.717) is 16.0 Å². The molecule has 10 heteroatoms. The van der Waals surface area contributed by atoms with Gasteiger partial charge in [0.15, 0.2) is 4.80 Å². The minimum Gasteiger partial charge on any atom is -0.406 e. The largest absolute Gasteiger partial charge is 0.573 e. The Morgan fingerprint density at radius 1 is 1.07 bits per heavy atom. The lowest BCUT2D eigenvalue weighted by Gasteiger charge is -2.35. The molecule has 0 radical (unpaired) electrons. The van der Waals surface area contributed by atoms with Gasteiger partial charge in [-0.3, -0.25) is 10.3 Å². The van der Waals surface area contributed by atoms with E-state index in [0.717, 1.165) is 55.4 Å². The maximum Gasteiger partial charge on any atom is 0.573 e. The third-order valence-electron chi connectivity index (χ3n) is 4.89. The fourth-order valence-corrected chi connectivity index (χ4v) is 4.44. The predicted molar refractivity (Wildman–Crippen MR) is 105 cm³/mol. The summed E-state index contributed by atoms with van der Waals surface area (Å²) in [6, 6.07) is 10.1. The molecule has 4 rings (SSSR count). The topological polar surface area (TPSA) is 57.4 Å². The van der Waals surface area contributed by atoms with Crippen molar-refractivity contribution in [2.24, 2.45) is 0 Å². The van der Waals surface area contributed by atoms with Crippen molar-refractivity contribution in [1.82, 2.24) is 14.5 Å². The number of ether oxygens (including phenoxy) is 1. The van der Waals surface area contributed by atoms with Crippen LogP contribution in [-0.4, -0.2) is 53.5 Å². The van der Waals surface area contributed by atoms with Crippen LogP contribution in [0.15, 0.2) is 42.6 Å². The molecule has 0 aliphatic carbocycles. The van der Waals surface area contributed by atoms with Gasteiger partial charge in [0.05, 0.1) is 10.2 Å². The quantitative estimate of drug-likeness (QED) is 0.684. The fraction of sp³-hybridized carbons (Fsp3) is 0.368. The summed E-state index contributed by atoms with van der Waals surface area (Å²) in [7, 11) is 0. The second kappa shape index (κ2) is 8.03. The molecule has 0 spiro atoms. The Morgan fingerprint density at radius 3 is 2.55 bits per heavy atom. The number of hydrogen-bond acceptors (Lipinski definition) is 6. The number of anilines is 1. The average Bonchev–Trinajstić information content (AvgIpc) is 3.00. The number of rotatable bonds is 5. The molecule has 0 bridgehead atoms. The summed E-state index contributed by atoms with van der Waals surface area (Å²) in [4.78, 5) is 9.29. The van der Waals surface area contributed by atoms with Crippen LogP contribution in [0.3, 0.4) is 0 Å². The highest BCUT2D eigenvalue weighted by Crippen LogP contribution is 2.27. The molecular formula is C19H20F3N5OS. The van der Waals surface area contributed by atoms with Crippen molar-refractivity contribution in [3.63, 3.8) is 0 Å². The zero-order valence-electron chi connectivity index (χ0n) is 15.5. The van der Waals surface area contributed by atoms with E-state index in [9.17, 15) is 13.2 Å². The van der Waals surface area contributed by atoms with Crippen LogP contribution in [0, 0.1) is 5.41 Å². The van der Waals surface area contributed by atoms with Gasteiger partial charge in [-0.1, -0.05) is 17.4 Å². The number of fused-ring (bicyclic) bond motifs is 1. The number of pyridine rings is 1. The first-order valence-corrected chi connectivity index (χ1v) is 10.0. The summed E-state index contributed by atoms with van der Waals surface area (Å²) in [6.07, 6.45) is -2.93. The second-order valence-electron chi connectivity index (χ2n) is 6.75. The molecule has 1 N–H and O–H groups in total. The molecule has 1 fully saturated rings. The number of piperazine rings is 1. The number of benzene rings is 1. The second-order valence-corrected chi connectivity index (χ2v) is 7.78. The molecule has 1 aliphatic rings. The summed E-state index contributed by atoms with van der Waals surface area (Å²) in [5.74, 6) is 0.722. The number of halogens is 3. The Kier molecular flexibility index (Phi) is 5.46. The Labute approximate surface area is 169 Å². The van der Waals surface area contributed by atoms with E-state index < -0.39 is 6.36 Å². The minimum absolute atomic E-state index is 0.260. The van der Waals surface area contributed by atoms with Crippen molar-refractivity contribution in [3.8, 4) is 5.75 Å². The van der Waals surface area contributed by atoms with E-state index in [2.05, 4.69) is 19.5 Å². The van der Waals surface area contributed by atoms with Crippen molar-refractivity contribution in [2.75, 3.05) is 37.6 Å². The first-order valence-electron chi connectivity index (χ1n) is 9.21. The molecule has 2 aromatic heterocycles. The Morgan fingerprint density at radius 2 is 1.86 bits per heavy atom. The third kappa shape index (κ3) is 4.70. The molecule has 1 aliphatic heterocycles. The van der Waals surface area contributed by atoms with E-state index in [1.54, 1.807) is 12.3 Å². The van der Waals surface area contributed by atoms with Crippen molar-refractivity contribution in [3.05, 3.63) is 47.4 Å². The van der Waals surface area contributed by atoms with Crippen LogP contribution >= 0.6 is 11.3 Å². The zero-order valence-corrected chi connectivity index (χ0v) is 16.3. The van der Waals surface area contributed by atoms with E-state index >= 15 is 0 Å². The van der Waals surface area contributed by atoms with Crippen LogP contribution in [0.5, 0.6) is 5.75 Å². The van der Waals surface area contributed by atoms with E-state index in [1.807, 2.05) is 22.8 Å². The van der Waals surface area contributed by atoms with E-state index in [1.165, 1.54) is 12.1 Å². The summed E-state index contributed by atoms with van der Waals surface area (Å²) in [5, 5.41) is 8.19. The van der Waals surface area contributed by atoms with E-state index in [-0.39, 0.29) is 5.75 Å². The SMILES string of the molecule is N=c1sc2cc(OC(F)(F)F)ccc2n1CCN1CCN(c2ccccn2)CC1. The number of thiazole rings is 1. The minimum atomic E-state index is -4.72. The Hall–Kier alpha value is -2.59. The summed E-state index contributed by atoms with van der Waals surface area (Å²) < 4.78 is 43.7. The Bertz CT molecular complexity index is 1030. The lowest BCUT2D eigenvalue weighted by Crippen LogP contribution is -2.47. The summed E-state index contributed by atoms with van der Waals surface area (Å²) >= 11 is 1.15. The molecule has 6 nitrogen and oxygen atoms in total. The number of aromatic nitrogens is 2. The maximum absolute atomic E-state index is 12.4. The lowest BCUT2D eigenvalue weighted by molar-refractivity contribution is -0.274. The van der Waals surface area contributed by atoms with Crippen molar-refractivity contribution in [1.29, 1.82) is 5.41 Å². The van der Waals surface area contributed by atoms with Crippen LogP contribution in [-0.2, 0) is 6.54 Å². The number of nitrogens with one attached hydrogen (secondary N) is 1. The monoisotopic (exact) mass is 423 g/mol. The molecule has 154 valence electrons. The highest BCUT2D eigenvalue weighted by molar-refractivity contribution is 7.16. The molecule has 1 aromatic carbocycles. The Balaban J connectivity index is 1.39. The molecule has 3 aromatic rings. The first kappa shape index (κ1) is 19.7. The normalized spacial score (nSPS) is 15.8. The lowest BCUT2D eigenvalue weighted by atomic mass is 10.3. The standard InChI is InChI=1S/C19H20F3N5OS/c20-19(21,22)28-14-4-5-15-16(13-14)29-18(23)27(15)12-9-25-7-10-26(11-8-25)17-3-1-2-6-24-17/h1-6,13,23H,7-12H2. The van der Waals surface area contributed by atoms with Gasteiger partial charge in [0.2, 0.25) is 0 Å². The van der Waals surface area contributed by atoms with Gasteiger partial charge in [0, 0.05) is 45.5 Å². The molecule has 0 saturated carbocycles. The van der Waals surface area contributed by atoms with Crippen LogP contribution < -0.4 is 14.4 Å². The number of nitrogens with zero attached hydrogens (tertiary/aromatic N) is 4. The van der Waals surface area contributed by atoms with Crippen LogP contribution in [0.25, 0.3) is 10.2 Å². The molecule has 0 unspecified atom stereocenters. The predicted octanol–water partition coefficient (Wildman–Crippen LogP) is 3.30. The van der Waals surface area contributed by atoms with Gasteiger partial charge in [0.1, 0.15) is 11.6 Å².